The van der Waals surface area contributed by atoms with E-state index in [1.165, 1.54) is 5.69 Å². The summed E-state index contributed by atoms with van der Waals surface area (Å²) in [5.74, 6) is 1.58. The number of aromatic nitrogens is 1. The van der Waals surface area contributed by atoms with E-state index in [1.807, 2.05) is 32.3 Å². The predicted molar refractivity (Wildman–Crippen MR) is 95.4 cm³/mol. The number of benzene rings is 2. The number of rotatable bonds is 3. The highest BCUT2D eigenvalue weighted by Gasteiger charge is 2.15. The van der Waals surface area contributed by atoms with E-state index in [0.29, 0.717) is 6.79 Å². The zero-order chi connectivity index (χ0) is 15.8. The summed E-state index contributed by atoms with van der Waals surface area (Å²) in [6.45, 7) is 0.294. The van der Waals surface area contributed by atoms with Gasteiger partial charge in [0.15, 0.2) is 11.5 Å². The molecule has 0 radical (unpaired) electrons. The first-order valence-electron chi connectivity index (χ1n) is 7.35. The molecule has 0 saturated heterocycles. The van der Waals surface area contributed by atoms with Gasteiger partial charge in [-0.15, -0.1) is 11.3 Å². The lowest BCUT2D eigenvalue weighted by molar-refractivity contribution is 0.174. The smallest absolute Gasteiger partial charge is 0.231 e. The first-order valence-corrected chi connectivity index (χ1v) is 8.16. The minimum atomic E-state index is 0.294. The van der Waals surface area contributed by atoms with Gasteiger partial charge in [0.25, 0.3) is 0 Å². The van der Waals surface area contributed by atoms with Crippen molar-refractivity contribution in [2.24, 2.45) is 0 Å². The summed E-state index contributed by atoms with van der Waals surface area (Å²) in [4.78, 5) is 6.73. The highest BCUT2D eigenvalue weighted by Crippen LogP contribution is 2.38. The molecule has 1 aromatic heterocycles. The minimum absolute atomic E-state index is 0.294. The Labute approximate surface area is 138 Å². The van der Waals surface area contributed by atoms with Crippen molar-refractivity contribution in [3.63, 3.8) is 0 Å². The van der Waals surface area contributed by atoms with E-state index in [0.717, 1.165) is 32.3 Å². The molecule has 0 bridgehead atoms. The zero-order valence-corrected chi connectivity index (χ0v) is 13.8. The molecule has 0 spiro atoms. The molecule has 2 aromatic carbocycles. The summed E-state index contributed by atoms with van der Waals surface area (Å²) in [6.07, 6.45) is 4.13. The molecule has 3 aromatic rings. The number of thiazole rings is 1. The molecule has 1 aliphatic rings. The third-order valence-corrected chi connectivity index (χ3v) is 4.71. The molecule has 0 N–H and O–H groups in total. The summed E-state index contributed by atoms with van der Waals surface area (Å²) >= 11 is 1.65. The molecular weight excluding hydrogens is 308 g/mol. The average Bonchev–Trinajstić information content (AvgIpc) is 3.16. The van der Waals surface area contributed by atoms with Crippen LogP contribution >= 0.6 is 11.3 Å². The average molecular weight is 324 g/mol. The van der Waals surface area contributed by atoms with Gasteiger partial charge < -0.3 is 14.4 Å². The summed E-state index contributed by atoms with van der Waals surface area (Å²) in [6, 6.07) is 12.4. The van der Waals surface area contributed by atoms with Crippen molar-refractivity contribution in [1.29, 1.82) is 0 Å². The summed E-state index contributed by atoms with van der Waals surface area (Å²) in [5, 5.41) is 0.973. The van der Waals surface area contributed by atoms with Crippen molar-refractivity contribution in [2.45, 2.75) is 0 Å². The molecule has 2 heterocycles. The Morgan fingerprint density at radius 3 is 2.52 bits per heavy atom. The molecule has 0 aliphatic carbocycles. The second kappa shape index (κ2) is 5.59. The first kappa shape index (κ1) is 14.1. The molecule has 116 valence electrons. The summed E-state index contributed by atoms with van der Waals surface area (Å²) in [5.41, 5.74) is 3.29. The van der Waals surface area contributed by atoms with E-state index in [1.54, 1.807) is 11.3 Å². The SMILES string of the molecule is CN(C)c1ccc(/C=C/c2nc3cc4c(cc3s2)OCO4)cc1. The van der Waals surface area contributed by atoms with E-state index < -0.39 is 0 Å². The number of fused-ring (bicyclic) bond motifs is 2. The van der Waals surface area contributed by atoms with Gasteiger partial charge in [-0.2, -0.15) is 0 Å². The second-order valence-electron chi connectivity index (χ2n) is 5.54. The molecule has 0 unspecified atom stereocenters. The molecule has 0 fully saturated rings. The van der Waals surface area contributed by atoms with Crippen molar-refractivity contribution in [3.05, 3.63) is 47.0 Å². The lowest BCUT2D eigenvalue weighted by Gasteiger charge is -2.11. The molecule has 1 aliphatic heterocycles. The Kier molecular flexibility index (Phi) is 3.42. The van der Waals surface area contributed by atoms with E-state index in [9.17, 15) is 0 Å². The Balaban J connectivity index is 1.59. The minimum Gasteiger partial charge on any atom is -0.454 e. The van der Waals surface area contributed by atoms with Gasteiger partial charge in [-0.1, -0.05) is 18.2 Å². The monoisotopic (exact) mass is 324 g/mol. The third-order valence-electron chi connectivity index (χ3n) is 3.73. The lowest BCUT2D eigenvalue weighted by Crippen LogP contribution is -2.07. The fourth-order valence-corrected chi connectivity index (χ4v) is 3.34. The van der Waals surface area contributed by atoms with Crippen LogP contribution in [-0.2, 0) is 0 Å². The van der Waals surface area contributed by atoms with Crippen molar-refractivity contribution in [1.82, 2.24) is 4.98 Å². The molecule has 0 atom stereocenters. The predicted octanol–water partition coefficient (Wildman–Crippen LogP) is 4.26. The van der Waals surface area contributed by atoms with Gasteiger partial charge >= 0.3 is 0 Å². The van der Waals surface area contributed by atoms with Crippen LogP contribution in [-0.4, -0.2) is 25.9 Å². The van der Waals surface area contributed by atoms with Crippen LogP contribution in [0.15, 0.2) is 36.4 Å². The highest BCUT2D eigenvalue weighted by atomic mass is 32.1. The van der Waals surface area contributed by atoms with Crippen LogP contribution in [0, 0.1) is 0 Å². The van der Waals surface area contributed by atoms with Crippen molar-refractivity contribution < 1.29 is 9.47 Å². The molecule has 4 nitrogen and oxygen atoms in total. The van der Waals surface area contributed by atoms with Crippen LogP contribution in [0.2, 0.25) is 0 Å². The summed E-state index contributed by atoms with van der Waals surface area (Å²) < 4.78 is 11.9. The Bertz CT molecular complexity index is 841. The van der Waals surface area contributed by atoms with Crippen LogP contribution in [0.3, 0.4) is 0 Å². The van der Waals surface area contributed by atoms with Crippen LogP contribution in [0.25, 0.3) is 22.4 Å². The van der Waals surface area contributed by atoms with E-state index >= 15 is 0 Å². The van der Waals surface area contributed by atoms with Crippen LogP contribution in [0.5, 0.6) is 11.5 Å². The standard InChI is InChI=1S/C18H16N2O2S/c1-20(2)13-6-3-12(4-7-13)5-8-18-19-14-9-15-16(22-11-21-15)10-17(14)23-18/h3-10H,11H2,1-2H3/b8-5+. The van der Waals surface area contributed by atoms with E-state index in [4.69, 9.17) is 9.47 Å². The molecule has 4 rings (SSSR count). The quantitative estimate of drug-likeness (QED) is 0.721. The van der Waals surface area contributed by atoms with Gasteiger partial charge in [-0.05, 0) is 23.8 Å². The zero-order valence-electron chi connectivity index (χ0n) is 12.9. The lowest BCUT2D eigenvalue weighted by atomic mass is 10.2. The molecule has 0 saturated carbocycles. The number of nitrogens with zero attached hydrogens (tertiary/aromatic N) is 2. The molecule has 0 amide bonds. The van der Waals surface area contributed by atoms with Gasteiger partial charge in [-0.3, -0.25) is 0 Å². The van der Waals surface area contributed by atoms with Crippen LogP contribution in [0.4, 0.5) is 5.69 Å². The Morgan fingerprint density at radius 2 is 1.78 bits per heavy atom. The third kappa shape index (κ3) is 2.75. The van der Waals surface area contributed by atoms with Gasteiger partial charge in [0, 0.05) is 31.9 Å². The number of hydrogen-bond acceptors (Lipinski definition) is 5. The Hall–Kier alpha value is -2.53. The maximum atomic E-state index is 5.41. The van der Waals surface area contributed by atoms with Crippen LogP contribution < -0.4 is 14.4 Å². The highest BCUT2D eigenvalue weighted by molar-refractivity contribution is 7.19. The number of anilines is 1. The van der Waals surface area contributed by atoms with Gasteiger partial charge in [0.2, 0.25) is 6.79 Å². The largest absolute Gasteiger partial charge is 0.454 e. The van der Waals surface area contributed by atoms with Crippen molar-refractivity contribution in [2.75, 3.05) is 25.8 Å². The number of ether oxygens (including phenoxy) is 2. The van der Waals surface area contributed by atoms with Gasteiger partial charge in [0.1, 0.15) is 5.01 Å². The maximum Gasteiger partial charge on any atom is 0.231 e. The van der Waals surface area contributed by atoms with E-state index in [2.05, 4.69) is 40.2 Å². The maximum absolute atomic E-state index is 5.41. The fraction of sp³-hybridized carbons (Fsp3) is 0.167. The second-order valence-corrected chi connectivity index (χ2v) is 6.61. The molecule has 23 heavy (non-hydrogen) atoms. The first-order chi connectivity index (χ1) is 11.2. The van der Waals surface area contributed by atoms with Crippen LogP contribution in [0.1, 0.15) is 10.6 Å². The topological polar surface area (TPSA) is 34.6 Å². The molecular formula is C18H16N2O2S. The fourth-order valence-electron chi connectivity index (χ4n) is 2.46. The Morgan fingerprint density at radius 1 is 1.04 bits per heavy atom. The molecule has 5 heteroatoms. The normalized spacial score (nSPS) is 13.1. The van der Waals surface area contributed by atoms with Gasteiger partial charge in [0.05, 0.1) is 10.2 Å². The van der Waals surface area contributed by atoms with Crippen molar-refractivity contribution >= 4 is 39.4 Å². The number of hydrogen-bond donors (Lipinski definition) is 0. The van der Waals surface area contributed by atoms with E-state index in [-0.39, 0.29) is 0 Å². The van der Waals surface area contributed by atoms with Gasteiger partial charge in [-0.25, -0.2) is 4.98 Å². The van der Waals surface area contributed by atoms with Crippen molar-refractivity contribution in [3.8, 4) is 11.5 Å². The summed E-state index contributed by atoms with van der Waals surface area (Å²) in [7, 11) is 4.08.